The lowest BCUT2D eigenvalue weighted by molar-refractivity contribution is -0.384. The summed E-state index contributed by atoms with van der Waals surface area (Å²) >= 11 is 0. The molecular formula is C13H15NO5. The topological polar surface area (TPSA) is 78.7 Å². The second-order valence-corrected chi connectivity index (χ2v) is 4.86. The fraction of sp³-hybridized carbons (Fsp3) is 0.462. The number of ether oxygens (including phenoxy) is 2. The van der Waals surface area contributed by atoms with E-state index in [1.165, 1.54) is 24.3 Å². The Balaban J connectivity index is 1.93. The van der Waals surface area contributed by atoms with Crippen LogP contribution < -0.4 is 4.74 Å². The molecule has 6 heteroatoms. The van der Waals surface area contributed by atoms with Crippen LogP contribution in [0.1, 0.15) is 32.6 Å². The van der Waals surface area contributed by atoms with E-state index >= 15 is 0 Å². The molecule has 0 bridgehead atoms. The zero-order valence-corrected chi connectivity index (χ0v) is 10.6. The molecule has 2 rings (SSSR count). The number of nitro benzene ring substituents is 1. The maximum absolute atomic E-state index is 11.6. The number of nitro groups is 1. The molecule has 1 aliphatic rings. The van der Waals surface area contributed by atoms with Gasteiger partial charge in [-0.25, -0.2) is 4.79 Å². The Bertz CT molecular complexity index is 476. The van der Waals surface area contributed by atoms with Crippen LogP contribution in [-0.2, 0) is 4.74 Å². The molecular weight excluding hydrogens is 250 g/mol. The molecule has 0 saturated heterocycles. The van der Waals surface area contributed by atoms with Gasteiger partial charge in [-0.05, 0) is 44.7 Å². The molecule has 1 saturated carbocycles. The fourth-order valence-electron chi connectivity index (χ4n) is 2.18. The molecule has 0 unspecified atom stereocenters. The van der Waals surface area contributed by atoms with Gasteiger partial charge in [0, 0.05) is 12.1 Å². The Morgan fingerprint density at radius 2 is 1.84 bits per heavy atom. The highest BCUT2D eigenvalue weighted by Crippen LogP contribution is 2.33. The quantitative estimate of drug-likeness (QED) is 0.362. The number of rotatable bonds is 3. The largest absolute Gasteiger partial charge is 0.514 e. The predicted octanol–water partition coefficient (Wildman–Crippen LogP) is 3.44. The first-order chi connectivity index (χ1) is 8.98. The van der Waals surface area contributed by atoms with Gasteiger partial charge in [0.1, 0.15) is 11.4 Å². The Hall–Kier alpha value is -2.11. The van der Waals surface area contributed by atoms with E-state index in [4.69, 9.17) is 9.47 Å². The van der Waals surface area contributed by atoms with Gasteiger partial charge in [-0.1, -0.05) is 0 Å². The van der Waals surface area contributed by atoms with Crippen LogP contribution in [0, 0.1) is 10.1 Å². The molecule has 0 aromatic heterocycles. The molecule has 0 atom stereocenters. The Morgan fingerprint density at radius 3 is 2.37 bits per heavy atom. The minimum atomic E-state index is -0.766. The number of benzene rings is 1. The van der Waals surface area contributed by atoms with E-state index in [2.05, 4.69) is 0 Å². The summed E-state index contributed by atoms with van der Waals surface area (Å²) in [5, 5.41) is 10.5. The molecule has 0 spiro atoms. The average molecular weight is 265 g/mol. The van der Waals surface area contributed by atoms with E-state index in [1.54, 1.807) is 0 Å². The number of carbonyl (C=O) groups excluding carboxylic acids is 1. The van der Waals surface area contributed by atoms with Crippen LogP contribution in [0.2, 0.25) is 0 Å². The maximum atomic E-state index is 11.6. The van der Waals surface area contributed by atoms with Crippen molar-refractivity contribution in [3.8, 4) is 5.75 Å². The fourth-order valence-corrected chi connectivity index (χ4v) is 2.18. The molecule has 1 aromatic rings. The Kier molecular flexibility index (Phi) is 3.69. The van der Waals surface area contributed by atoms with Crippen LogP contribution in [0.3, 0.4) is 0 Å². The Morgan fingerprint density at radius 1 is 1.26 bits per heavy atom. The zero-order valence-electron chi connectivity index (χ0n) is 10.6. The van der Waals surface area contributed by atoms with Gasteiger partial charge >= 0.3 is 6.16 Å². The van der Waals surface area contributed by atoms with Crippen molar-refractivity contribution in [2.45, 2.75) is 38.2 Å². The second-order valence-electron chi connectivity index (χ2n) is 4.86. The monoisotopic (exact) mass is 265 g/mol. The van der Waals surface area contributed by atoms with Crippen molar-refractivity contribution in [2.75, 3.05) is 0 Å². The smallest absolute Gasteiger partial charge is 0.428 e. The minimum absolute atomic E-state index is 0.0523. The normalized spacial score (nSPS) is 16.9. The zero-order chi connectivity index (χ0) is 13.9. The molecule has 0 aliphatic heterocycles. The van der Waals surface area contributed by atoms with Crippen LogP contribution >= 0.6 is 0 Å². The lowest BCUT2D eigenvalue weighted by Crippen LogP contribution is -2.29. The molecule has 0 N–H and O–H groups in total. The summed E-state index contributed by atoms with van der Waals surface area (Å²) in [6.45, 7) is 1.89. The van der Waals surface area contributed by atoms with Gasteiger partial charge in [-0.2, -0.15) is 0 Å². The van der Waals surface area contributed by atoms with E-state index in [-0.39, 0.29) is 11.4 Å². The van der Waals surface area contributed by atoms with Crippen molar-refractivity contribution in [3.05, 3.63) is 34.4 Å². The molecule has 6 nitrogen and oxygen atoms in total. The van der Waals surface area contributed by atoms with Crippen LogP contribution in [0.5, 0.6) is 5.75 Å². The van der Waals surface area contributed by atoms with Gasteiger partial charge in [0.05, 0.1) is 4.92 Å². The van der Waals surface area contributed by atoms with Gasteiger partial charge < -0.3 is 9.47 Å². The van der Waals surface area contributed by atoms with Gasteiger partial charge in [-0.3, -0.25) is 10.1 Å². The van der Waals surface area contributed by atoms with E-state index in [1.807, 2.05) is 6.92 Å². The highest BCUT2D eigenvalue weighted by atomic mass is 16.7. The minimum Gasteiger partial charge on any atom is -0.428 e. The number of non-ortho nitro benzene ring substituents is 1. The van der Waals surface area contributed by atoms with Crippen molar-refractivity contribution in [1.29, 1.82) is 0 Å². The first-order valence-electron chi connectivity index (χ1n) is 6.14. The van der Waals surface area contributed by atoms with Crippen molar-refractivity contribution in [3.63, 3.8) is 0 Å². The third kappa shape index (κ3) is 3.43. The average Bonchev–Trinajstić information content (AvgIpc) is 2.76. The molecule has 0 amide bonds. The maximum Gasteiger partial charge on any atom is 0.514 e. The van der Waals surface area contributed by atoms with E-state index in [0.717, 1.165) is 25.7 Å². The summed E-state index contributed by atoms with van der Waals surface area (Å²) < 4.78 is 10.3. The molecule has 0 radical (unpaired) electrons. The van der Waals surface area contributed by atoms with Crippen LogP contribution in [-0.4, -0.2) is 16.7 Å². The summed E-state index contributed by atoms with van der Waals surface area (Å²) in [5.41, 5.74) is -0.499. The number of carbonyl (C=O) groups is 1. The number of nitrogens with zero attached hydrogens (tertiary/aromatic N) is 1. The van der Waals surface area contributed by atoms with Crippen molar-refractivity contribution in [1.82, 2.24) is 0 Å². The lowest BCUT2D eigenvalue weighted by atomic mass is 10.1. The molecule has 1 aliphatic carbocycles. The first-order valence-corrected chi connectivity index (χ1v) is 6.14. The van der Waals surface area contributed by atoms with Gasteiger partial charge in [0.15, 0.2) is 0 Å². The summed E-state index contributed by atoms with van der Waals surface area (Å²) in [6, 6.07) is 5.30. The van der Waals surface area contributed by atoms with Crippen LogP contribution in [0.4, 0.5) is 10.5 Å². The summed E-state index contributed by atoms with van der Waals surface area (Å²) in [4.78, 5) is 21.6. The summed E-state index contributed by atoms with van der Waals surface area (Å²) in [7, 11) is 0. The molecule has 1 aromatic carbocycles. The Labute approximate surface area is 110 Å². The highest BCUT2D eigenvalue weighted by Gasteiger charge is 2.33. The van der Waals surface area contributed by atoms with Crippen molar-refractivity contribution in [2.24, 2.45) is 0 Å². The second kappa shape index (κ2) is 5.26. The molecule has 0 heterocycles. The third-order valence-electron chi connectivity index (χ3n) is 3.24. The van der Waals surface area contributed by atoms with E-state index in [0.29, 0.717) is 0 Å². The van der Waals surface area contributed by atoms with E-state index in [9.17, 15) is 14.9 Å². The highest BCUT2D eigenvalue weighted by molar-refractivity contribution is 5.64. The van der Waals surface area contributed by atoms with Crippen LogP contribution in [0.15, 0.2) is 24.3 Å². The summed E-state index contributed by atoms with van der Waals surface area (Å²) in [6.07, 6.45) is 2.99. The number of hydrogen-bond acceptors (Lipinski definition) is 5. The third-order valence-corrected chi connectivity index (χ3v) is 3.24. The van der Waals surface area contributed by atoms with Crippen molar-refractivity contribution < 1.29 is 19.2 Å². The summed E-state index contributed by atoms with van der Waals surface area (Å²) in [5.74, 6) is 0.234. The molecule has 1 fully saturated rings. The van der Waals surface area contributed by atoms with Crippen LogP contribution in [0.25, 0.3) is 0 Å². The van der Waals surface area contributed by atoms with E-state index < -0.39 is 16.7 Å². The molecule has 102 valence electrons. The number of hydrogen-bond donors (Lipinski definition) is 0. The van der Waals surface area contributed by atoms with Gasteiger partial charge in [0.25, 0.3) is 5.69 Å². The van der Waals surface area contributed by atoms with Crippen molar-refractivity contribution >= 4 is 11.8 Å². The SMILES string of the molecule is CC1(OC(=O)Oc2ccc([N+](=O)[O-])cc2)CCCC1. The molecule has 19 heavy (non-hydrogen) atoms. The van der Waals surface area contributed by atoms with Gasteiger partial charge in [0.2, 0.25) is 0 Å². The lowest BCUT2D eigenvalue weighted by Gasteiger charge is -2.23. The standard InChI is InChI=1S/C13H15NO5/c1-13(8-2-3-9-13)19-12(15)18-11-6-4-10(5-7-11)14(16)17/h4-7H,2-3,8-9H2,1H3. The first kappa shape index (κ1) is 13.3. The predicted molar refractivity (Wildman–Crippen MR) is 67.1 cm³/mol. The van der Waals surface area contributed by atoms with Gasteiger partial charge in [-0.15, -0.1) is 0 Å².